The van der Waals surface area contributed by atoms with Crippen LogP contribution in [0.5, 0.6) is 11.5 Å². The monoisotopic (exact) mass is 372 g/mol. The van der Waals surface area contributed by atoms with E-state index in [1.165, 1.54) is 27.9 Å². The molecule has 0 spiro atoms. The molecule has 8 heteroatoms. The highest BCUT2D eigenvalue weighted by atomic mass is 19.1. The fourth-order valence-electron chi connectivity index (χ4n) is 3.81. The number of amides is 1. The van der Waals surface area contributed by atoms with E-state index in [1.807, 2.05) is 0 Å². The second-order valence-electron chi connectivity index (χ2n) is 6.64. The number of halogens is 1. The summed E-state index contributed by atoms with van der Waals surface area (Å²) >= 11 is 0. The van der Waals surface area contributed by atoms with Gasteiger partial charge < -0.3 is 19.8 Å². The van der Waals surface area contributed by atoms with Crippen LogP contribution in [0.1, 0.15) is 22.1 Å². The molecule has 2 aromatic rings. The van der Waals surface area contributed by atoms with Gasteiger partial charge in [-0.05, 0) is 17.7 Å². The zero-order valence-corrected chi connectivity index (χ0v) is 14.2. The Hall–Kier alpha value is -3.29. The lowest BCUT2D eigenvalue weighted by Crippen LogP contribution is -2.42. The van der Waals surface area contributed by atoms with Gasteiger partial charge in [0.25, 0.3) is 11.5 Å². The van der Waals surface area contributed by atoms with E-state index in [9.17, 15) is 24.2 Å². The molecule has 27 heavy (non-hydrogen) atoms. The number of aromatic nitrogens is 1. The van der Waals surface area contributed by atoms with E-state index in [0.29, 0.717) is 5.56 Å². The molecular formula is C19H17FN2O5. The first-order chi connectivity index (χ1) is 12.9. The van der Waals surface area contributed by atoms with Gasteiger partial charge in [-0.25, -0.2) is 4.39 Å². The third kappa shape index (κ3) is 2.64. The van der Waals surface area contributed by atoms with Crippen molar-refractivity contribution in [2.75, 3.05) is 6.61 Å². The molecule has 140 valence electrons. The number of benzene rings is 1. The van der Waals surface area contributed by atoms with E-state index in [-0.39, 0.29) is 42.7 Å². The minimum Gasteiger partial charge on any atom is -0.504 e. The molecule has 1 aromatic heterocycles. The van der Waals surface area contributed by atoms with E-state index < -0.39 is 23.0 Å². The van der Waals surface area contributed by atoms with Crippen LogP contribution in [0, 0.1) is 11.7 Å². The lowest BCUT2D eigenvalue weighted by Gasteiger charge is -2.29. The topological polar surface area (TPSA) is 92.0 Å². The molecule has 2 heterocycles. The molecule has 7 nitrogen and oxygen atoms in total. The Morgan fingerprint density at radius 3 is 2.56 bits per heavy atom. The summed E-state index contributed by atoms with van der Waals surface area (Å²) in [5.74, 6) is -2.40. The molecule has 1 fully saturated rings. The molecule has 1 amide bonds. The quantitative estimate of drug-likeness (QED) is 0.781. The summed E-state index contributed by atoms with van der Waals surface area (Å²) in [5, 5.41) is 20.0. The smallest absolute Gasteiger partial charge is 0.275 e. The van der Waals surface area contributed by atoms with Gasteiger partial charge >= 0.3 is 0 Å². The number of fused-ring (bicyclic) bond motifs is 3. The fourth-order valence-corrected chi connectivity index (χ4v) is 3.81. The zero-order chi connectivity index (χ0) is 19.3. The van der Waals surface area contributed by atoms with Crippen molar-refractivity contribution in [3.63, 3.8) is 0 Å². The number of pyridine rings is 1. The summed E-state index contributed by atoms with van der Waals surface area (Å²) in [6.45, 7) is 3.92. The molecule has 3 unspecified atom stereocenters. The molecule has 2 aliphatic rings. The minimum absolute atomic E-state index is 0.171. The number of hydrogen-bond donors (Lipinski definition) is 2. The normalized spacial score (nSPS) is 22.8. The third-order valence-electron chi connectivity index (χ3n) is 5.09. The van der Waals surface area contributed by atoms with E-state index >= 15 is 0 Å². The average Bonchev–Trinajstić information content (AvgIpc) is 3.35. The van der Waals surface area contributed by atoms with Crippen LogP contribution in [-0.4, -0.2) is 38.2 Å². The van der Waals surface area contributed by atoms with Crippen molar-refractivity contribution >= 4 is 5.91 Å². The fraction of sp³-hybridized carbons (Fsp3) is 0.263. The molecule has 1 aliphatic heterocycles. The molecule has 3 atom stereocenters. The van der Waals surface area contributed by atoms with E-state index in [1.54, 1.807) is 12.1 Å². The van der Waals surface area contributed by atoms with Crippen molar-refractivity contribution in [1.29, 1.82) is 0 Å². The van der Waals surface area contributed by atoms with Crippen molar-refractivity contribution < 1.29 is 24.1 Å². The lowest BCUT2D eigenvalue weighted by molar-refractivity contribution is 0.0663. The molecule has 0 bridgehead atoms. The van der Waals surface area contributed by atoms with Crippen LogP contribution in [0.4, 0.5) is 4.39 Å². The summed E-state index contributed by atoms with van der Waals surface area (Å²) in [6, 6.07) is 5.94. The van der Waals surface area contributed by atoms with Crippen LogP contribution >= 0.6 is 0 Å². The summed E-state index contributed by atoms with van der Waals surface area (Å²) < 4.78 is 19.6. The van der Waals surface area contributed by atoms with Gasteiger partial charge in [0.2, 0.25) is 0 Å². The number of carbonyl (C=O) groups excluding carboxylic acids is 1. The van der Waals surface area contributed by atoms with E-state index in [0.717, 1.165) is 6.07 Å². The van der Waals surface area contributed by atoms with E-state index in [4.69, 9.17) is 4.74 Å². The van der Waals surface area contributed by atoms with Crippen LogP contribution in [-0.2, 0) is 11.3 Å². The van der Waals surface area contributed by atoms with Crippen molar-refractivity contribution in [3.05, 3.63) is 70.6 Å². The lowest BCUT2D eigenvalue weighted by atomic mass is 10.1. The van der Waals surface area contributed by atoms with Crippen LogP contribution in [0.15, 0.2) is 48.0 Å². The van der Waals surface area contributed by atoms with Crippen molar-refractivity contribution in [1.82, 2.24) is 9.47 Å². The molecule has 1 saturated carbocycles. The number of aromatic hydroxyl groups is 2. The van der Waals surface area contributed by atoms with Crippen LogP contribution in [0.25, 0.3) is 0 Å². The highest BCUT2D eigenvalue weighted by molar-refractivity contribution is 5.97. The van der Waals surface area contributed by atoms with Gasteiger partial charge in [0.1, 0.15) is 5.82 Å². The van der Waals surface area contributed by atoms with Crippen molar-refractivity contribution in [2.45, 2.75) is 18.6 Å². The van der Waals surface area contributed by atoms with Crippen LogP contribution in [0.3, 0.4) is 0 Å². The Kier molecular flexibility index (Phi) is 3.91. The number of nitrogens with zero attached hydrogens (tertiary/aromatic N) is 2. The molecule has 4 rings (SSSR count). The van der Waals surface area contributed by atoms with Gasteiger partial charge in [-0.3, -0.25) is 14.2 Å². The number of rotatable bonds is 5. The SMILES string of the molecule is C=COCC1C2C1n1c(c(O)c(O)cc1=O)C(=O)N2Cc1ccc(F)cc1. The van der Waals surface area contributed by atoms with Crippen molar-refractivity contribution in [3.8, 4) is 11.5 Å². The predicted molar refractivity (Wildman–Crippen MR) is 92.8 cm³/mol. The Bertz CT molecular complexity index is 985. The second-order valence-corrected chi connectivity index (χ2v) is 6.64. The first kappa shape index (κ1) is 17.1. The molecule has 0 saturated heterocycles. The minimum atomic E-state index is -0.640. The maximum Gasteiger partial charge on any atom is 0.275 e. The molecule has 0 radical (unpaired) electrons. The molecule has 1 aliphatic carbocycles. The summed E-state index contributed by atoms with van der Waals surface area (Å²) in [7, 11) is 0. The Labute approximate surface area is 153 Å². The number of ether oxygens (including phenoxy) is 1. The van der Waals surface area contributed by atoms with Gasteiger partial charge in [-0.1, -0.05) is 18.7 Å². The second kappa shape index (κ2) is 6.15. The van der Waals surface area contributed by atoms with Gasteiger partial charge in [-0.2, -0.15) is 0 Å². The molecule has 2 N–H and O–H groups in total. The maximum absolute atomic E-state index is 13.2. The average molecular weight is 372 g/mol. The highest BCUT2D eigenvalue weighted by Gasteiger charge is 2.61. The van der Waals surface area contributed by atoms with Gasteiger partial charge in [0, 0.05) is 18.5 Å². The third-order valence-corrected chi connectivity index (χ3v) is 5.09. The Morgan fingerprint density at radius 1 is 1.19 bits per heavy atom. The Morgan fingerprint density at radius 2 is 1.89 bits per heavy atom. The highest BCUT2D eigenvalue weighted by Crippen LogP contribution is 2.52. The number of hydrogen-bond acceptors (Lipinski definition) is 5. The molecule has 1 aromatic carbocycles. The predicted octanol–water partition coefficient (Wildman–Crippen LogP) is 1.75. The van der Waals surface area contributed by atoms with Crippen molar-refractivity contribution in [2.24, 2.45) is 5.92 Å². The summed E-state index contributed by atoms with van der Waals surface area (Å²) in [6.07, 6.45) is 1.29. The largest absolute Gasteiger partial charge is 0.504 e. The first-order valence-electron chi connectivity index (χ1n) is 8.39. The van der Waals surface area contributed by atoms with Gasteiger partial charge in [0.15, 0.2) is 17.2 Å². The Balaban J connectivity index is 1.77. The van der Waals surface area contributed by atoms with Gasteiger partial charge in [0.05, 0.1) is 25.0 Å². The summed E-state index contributed by atoms with van der Waals surface area (Å²) in [5.41, 5.74) is -0.107. The van der Waals surface area contributed by atoms with Crippen LogP contribution < -0.4 is 5.56 Å². The standard InChI is InChI=1S/C19H17FN2O5/c1-2-27-9-12-15-16(12)22-14(24)7-13(23)18(25)17(22)19(26)21(15)8-10-3-5-11(20)6-4-10/h2-7,12,15-16,23,25H,1,8-9H2. The van der Waals surface area contributed by atoms with Gasteiger partial charge in [-0.15, -0.1) is 0 Å². The zero-order valence-electron chi connectivity index (χ0n) is 14.2. The maximum atomic E-state index is 13.2. The summed E-state index contributed by atoms with van der Waals surface area (Å²) in [4.78, 5) is 26.9. The van der Waals surface area contributed by atoms with E-state index in [2.05, 4.69) is 6.58 Å². The number of carbonyl (C=O) groups is 1. The molecular weight excluding hydrogens is 355 g/mol. The first-order valence-corrected chi connectivity index (χ1v) is 8.39. The van der Waals surface area contributed by atoms with Crippen LogP contribution in [0.2, 0.25) is 0 Å².